The highest BCUT2D eigenvalue weighted by Gasteiger charge is 2.76. The van der Waals surface area contributed by atoms with Crippen LogP contribution in [0.25, 0.3) is 0 Å². The second-order valence-electron chi connectivity index (χ2n) is 10.6. The number of aliphatic hydroxyl groups is 1. The van der Waals surface area contributed by atoms with Crippen LogP contribution in [0.2, 0.25) is 0 Å². The van der Waals surface area contributed by atoms with E-state index in [0.717, 1.165) is 6.42 Å². The first kappa shape index (κ1) is 25.8. The van der Waals surface area contributed by atoms with Crippen molar-refractivity contribution in [2.24, 2.45) is 17.8 Å². The maximum absolute atomic E-state index is 14.2. The van der Waals surface area contributed by atoms with Crippen LogP contribution >= 0.6 is 11.8 Å². The van der Waals surface area contributed by atoms with Crippen molar-refractivity contribution < 1.29 is 19.5 Å². The van der Waals surface area contributed by atoms with Gasteiger partial charge in [-0.2, -0.15) is 0 Å². The summed E-state index contributed by atoms with van der Waals surface area (Å²) >= 11 is 1.68. The number of carbonyl (C=O) groups is 3. The molecule has 3 amide bonds. The summed E-state index contributed by atoms with van der Waals surface area (Å²) in [6.45, 7) is 16.7. The monoisotopic (exact) mass is 477 g/mol. The Kier molecular flexibility index (Phi) is 7.39. The number of amides is 3. The summed E-state index contributed by atoms with van der Waals surface area (Å²) < 4.78 is -0.645. The molecule has 1 N–H and O–H groups in total. The molecule has 0 aliphatic carbocycles. The Morgan fingerprint density at radius 2 is 1.88 bits per heavy atom. The molecule has 8 heteroatoms. The van der Waals surface area contributed by atoms with Crippen molar-refractivity contribution in [2.45, 2.75) is 62.1 Å². The van der Waals surface area contributed by atoms with Crippen molar-refractivity contribution in [3.63, 3.8) is 0 Å². The molecule has 0 aromatic rings. The summed E-state index contributed by atoms with van der Waals surface area (Å²) in [5.74, 6) is -1.12. The Labute approximate surface area is 202 Å². The molecular weight excluding hydrogens is 438 g/mol. The zero-order chi connectivity index (χ0) is 24.7. The highest BCUT2D eigenvalue weighted by molar-refractivity contribution is 8.02. The van der Waals surface area contributed by atoms with Gasteiger partial charge in [-0.1, -0.05) is 19.1 Å². The van der Waals surface area contributed by atoms with Crippen molar-refractivity contribution in [1.29, 1.82) is 0 Å². The van der Waals surface area contributed by atoms with E-state index in [1.165, 1.54) is 0 Å². The highest BCUT2D eigenvalue weighted by Crippen LogP contribution is 2.68. The largest absolute Gasteiger partial charge is 0.396 e. The fourth-order valence-corrected chi connectivity index (χ4v) is 8.48. The van der Waals surface area contributed by atoms with E-state index < -0.39 is 28.2 Å². The predicted molar refractivity (Wildman–Crippen MR) is 132 cm³/mol. The SMILES string of the molecule is C=CCN(C)C(=O)[C@@H]1[C@H]2C(=O)N(CCCO)C(C(=O)N(CC=C)C(C)(C)C)C23S[C@@H]1CC3C. The average molecular weight is 478 g/mol. The van der Waals surface area contributed by atoms with Crippen LogP contribution in [0.4, 0.5) is 0 Å². The summed E-state index contributed by atoms with van der Waals surface area (Å²) in [5, 5.41) is 9.51. The lowest BCUT2D eigenvalue weighted by Gasteiger charge is -2.44. The van der Waals surface area contributed by atoms with Gasteiger partial charge in [0.05, 0.1) is 16.6 Å². The molecule has 3 heterocycles. The van der Waals surface area contributed by atoms with E-state index in [2.05, 4.69) is 20.1 Å². The summed E-state index contributed by atoms with van der Waals surface area (Å²) in [4.78, 5) is 46.7. The van der Waals surface area contributed by atoms with Gasteiger partial charge in [-0.15, -0.1) is 24.9 Å². The molecule has 3 rings (SSSR count). The van der Waals surface area contributed by atoms with E-state index in [1.54, 1.807) is 45.7 Å². The lowest BCUT2D eigenvalue weighted by Crippen LogP contribution is -2.60. The van der Waals surface area contributed by atoms with E-state index >= 15 is 0 Å². The fourth-order valence-electron chi connectivity index (χ4n) is 6.07. The van der Waals surface area contributed by atoms with Gasteiger partial charge in [0.2, 0.25) is 17.7 Å². The third-order valence-corrected chi connectivity index (χ3v) is 9.56. The number of hydrogen-bond acceptors (Lipinski definition) is 5. The van der Waals surface area contributed by atoms with Gasteiger partial charge in [0.25, 0.3) is 0 Å². The zero-order valence-electron chi connectivity index (χ0n) is 20.6. The summed E-state index contributed by atoms with van der Waals surface area (Å²) in [7, 11) is 1.74. The van der Waals surface area contributed by atoms with Gasteiger partial charge >= 0.3 is 0 Å². The molecule has 0 aromatic heterocycles. The van der Waals surface area contributed by atoms with E-state index in [4.69, 9.17) is 0 Å². The van der Waals surface area contributed by atoms with Crippen LogP contribution in [0.5, 0.6) is 0 Å². The van der Waals surface area contributed by atoms with Crippen LogP contribution in [0.15, 0.2) is 25.3 Å². The Balaban J connectivity index is 2.10. The molecule has 3 aliphatic heterocycles. The van der Waals surface area contributed by atoms with Crippen molar-refractivity contribution in [3.8, 4) is 0 Å². The molecule has 1 spiro atoms. The molecule has 6 atom stereocenters. The molecule has 33 heavy (non-hydrogen) atoms. The molecule has 184 valence electrons. The Morgan fingerprint density at radius 1 is 1.24 bits per heavy atom. The van der Waals surface area contributed by atoms with Crippen LogP contribution in [-0.4, -0.2) is 92.4 Å². The van der Waals surface area contributed by atoms with Gasteiger partial charge in [0.15, 0.2) is 0 Å². The first-order chi connectivity index (χ1) is 15.5. The number of nitrogens with zero attached hydrogens (tertiary/aromatic N) is 3. The average Bonchev–Trinajstić information content (AvgIpc) is 3.32. The normalized spacial score (nSPS) is 32.6. The summed E-state index contributed by atoms with van der Waals surface area (Å²) in [6.07, 6.45) is 4.60. The van der Waals surface area contributed by atoms with Gasteiger partial charge < -0.3 is 19.8 Å². The topological polar surface area (TPSA) is 81.2 Å². The van der Waals surface area contributed by atoms with Crippen LogP contribution in [0.1, 0.15) is 40.5 Å². The van der Waals surface area contributed by atoms with Crippen molar-refractivity contribution in [1.82, 2.24) is 14.7 Å². The number of carbonyl (C=O) groups excluding carboxylic acids is 3. The number of likely N-dealkylation sites (N-methyl/N-ethyl adjacent to an activating group) is 1. The third-order valence-electron chi connectivity index (χ3n) is 7.49. The van der Waals surface area contributed by atoms with Crippen LogP contribution in [-0.2, 0) is 14.4 Å². The zero-order valence-corrected chi connectivity index (χ0v) is 21.4. The van der Waals surface area contributed by atoms with Crippen LogP contribution < -0.4 is 0 Å². The predicted octanol–water partition coefficient (Wildman–Crippen LogP) is 2.16. The molecule has 3 aliphatic rings. The molecule has 3 unspecified atom stereocenters. The number of thioether (sulfide) groups is 1. The molecule has 2 bridgehead atoms. The van der Waals surface area contributed by atoms with E-state index in [-0.39, 0.29) is 35.5 Å². The first-order valence-electron chi connectivity index (χ1n) is 11.8. The number of hydrogen-bond donors (Lipinski definition) is 1. The second-order valence-corrected chi connectivity index (χ2v) is 12.1. The molecule has 0 saturated carbocycles. The maximum atomic E-state index is 14.2. The molecule has 3 saturated heterocycles. The Morgan fingerprint density at radius 3 is 2.42 bits per heavy atom. The molecular formula is C25H39N3O4S. The first-order valence-corrected chi connectivity index (χ1v) is 12.7. The van der Waals surface area contributed by atoms with Crippen molar-refractivity contribution >= 4 is 29.5 Å². The van der Waals surface area contributed by atoms with Gasteiger partial charge in [-0.05, 0) is 39.5 Å². The van der Waals surface area contributed by atoms with Gasteiger partial charge in [-0.25, -0.2) is 0 Å². The fraction of sp³-hybridized carbons (Fsp3) is 0.720. The lowest BCUT2D eigenvalue weighted by atomic mass is 9.65. The molecule has 7 nitrogen and oxygen atoms in total. The smallest absolute Gasteiger partial charge is 0.247 e. The number of rotatable bonds is 9. The minimum absolute atomic E-state index is 0.0199. The van der Waals surface area contributed by atoms with E-state index in [0.29, 0.717) is 26.1 Å². The quantitative estimate of drug-likeness (QED) is 0.515. The lowest BCUT2D eigenvalue weighted by molar-refractivity contribution is -0.146. The van der Waals surface area contributed by atoms with Gasteiger partial charge in [0, 0.05) is 44.1 Å². The standard InChI is InChI=1S/C25H39N3O4S/c1-8-11-26(7)21(30)18-17-15-16(3)25(33-17)19(18)22(31)27(13-10-14-29)20(25)23(32)28(12-9-2)24(4,5)6/h8-9,16-20,29H,1-2,10-15H2,3-7H3/t16?,17-,18+,19+,20?,25?/m1/s1. The van der Waals surface area contributed by atoms with Crippen molar-refractivity contribution in [2.75, 3.05) is 33.3 Å². The Hall–Kier alpha value is -1.80. The maximum Gasteiger partial charge on any atom is 0.247 e. The van der Waals surface area contributed by atoms with Crippen LogP contribution in [0, 0.1) is 17.8 Å². The van der Waals surface area contributed by atoms with E-state index in [1.807, 2.05) is 20.8 Å². The molecule has 0 aromatic carbocycles. The third kappa shape index (κ3) is 4.03. The number of likely N-dealkylation sites (tertiary alicyclic amines) is 1. The summed E-state index contributed by atoms with van der Waals surface area (Å²) in [6, 6.07) is -0.659. The molecule has 3 fully saturated rings. The highest BCUT2D eigenvalue weighted by atomic mass is 32.2. The second kappa shape index (κ2) is 9.45. The number of aliphatic hydroxyl groups excluding tert-OH is 1. The van der Waals surface area contributed by atoms with Gasteiger partial charge in [0.1, 0.15) is 6.04 Å². The minimum atomic E-state index is -0.659. The van der Waals surface area contributed by atoms with Gasteiger partial charge in [-0.3, -0.25) is 14.4 Å². The number of fused-ring (bicyclic) bond motifs is 1. The molecule has 0 radical (unpaired) electrons. The van der Waals surface area contributed by atoms with E-state index in [9.17, 15) is 19.5 Å². The van der Waals surface area contributed by atoms with Crippen LogP contribution in [0.3, 0.4) is 0 Å². The Bertz CT molecular complexity index is 825. The van der Waals surface area contributed by atoms with Crippen molar-refractivity contribution in [3.05, 3.63) is 25.3 Å². The summed E-state index contributed by atoms with van der Waals surface area (Å²) in [5.41, 5.74) is -0.449. The minimum Gasteiger partial charge on any atom is -0.396 e.